The standard InChI is InChI=1S/C46H68N2O10/c1-11-37-46(8)35(22-38(49)58-46)28(4)39(50)26(2)23-45(7)42(57-44-40(51)36(48(9)10)21-27(3)55-44)29(5)41(30(6)43(52)56-37)53-24-33(25-54-45)47-20-19-32-17-14-16-31-15-12-13-18-34(31)32/h12-18,26-30,33,35-37,40-42,44,47,51H,11,19-25H2,1-10H3/t26-,27-,28-,29+,30-,33?,35+,36+,37-,40-,41+,42-,44+,45-,46+/m1/s1. The number of fused-ring (bicyclic) bond motifs is 5. The quantitative estimate of drug-likeness (QED) is 0.326. The van der Waals surface area contributed by atoms with Gasteiger partial charge in [-0.15, -0.1) is 0 Å². The van der Waals surface area contributed by atoms with E-state index in [0.29, 0.717) is 19.4 Å². The summed E-state index contributed by atoms with van der Waals surface area (Å²) in [4.78, 5) is 44.0. The lowest BCUT2D eigenvalue weighted by Gasteiger charge is -2.48. The van der Waals surface area contributed by atoms with Gasteiger partial charge in [-0.1, -0.05) is 70.2 Å². The van der Waals surface area contributed by atoms with Crippen LogP contribution in [0.2, 0.25) is 0 Å². The zero-order valence-electron chi connectivity index (χ0n) is 36.3. The second-order valence-corrected chi connectivity index (χ2v) is 18.3. The molecular weight excluding hydrogens is 741 g/mol. The molecule has 15 atom stereocenters. The van der Waals surface area contributed by atoms with E-state index >= 15 is 0 Å². The number of nitrogens with zero attached hydrogens (tertiary/aromatic N) is 1. The van der Waals surface area contributed by atoms with Gasteiger partial charge >= 0.3 is 11.9 Å². The van der Waals surface area contributed by atoms with Crippen LogP contribution in [0.4, 0.5) is 0 Å². The van der Waals surface area contributed by atoms with Crippen LogP contribution in [0, 0.1) is 29.6 Å². The van der Waals surface area contributed by atoms with Gasteiger partial charge in [-0.2, -0.15) is 0 Å². The minimum Gasteiger partial charge on any atom is -0.458 e. The number of carbonyl (C=O) groups is 3. The number of carbonyl (C=O) groups excluding carboxylic acids is 3. The Bertz CT molecular complexity index is 1750. The Morgan fingerprint density at radius 1 is 0.966 bits per heavy atom. The fourth-order valence-corrected chi connectivity index (χ4v) is 10.5. The largest absolute Gasteiger partial charge is 0.458 e. The minimum atomic E-state index is -1.19. The molecule has 2 bridgehead atoms. The summed E-state index contributed by atoms with van der Waals surface area (Å²) in [5.41, 5.74) is -1.08. The summed E-state index contributed by atoms with van der Waals surface area (Å²) >= 11 is 0. The third-order valence-corrected chi connectivity index (χ3v) is 13.8. The van der Waals surface area contributed by atoms with Gasteiger partial charge in [0.15, 0.2) is 6.29 Å². The number of nitrogens with one attached hydrogen (secondary N) is 1. The zero-order valence-corrected chi connectivity index (χ0v) is 36.3. The summed E-state index contributed by atoms with van der Waals surface area (Å²) in [6, 6.07) is 14.2. The molecule has 12 heteroatoms. The number of rotatable bonds is 8. The molecule has 0 saturated carbocycles. The molecule has 0 aliphatic carbocycles. The second kappa shape index (κ2) is 18.3. The van der Waals surface area contributed by atoms with Crippen LogP contribution in [-0.4, -0.2) is 122 Å². The molecule has 1 unspecified atom stereocenters. The van der Waals surface area contributed by atoms with Crippen molar-refractivity contribution in [2.45, 2.75) is 148 Å². The molecule has 0 amide bonds. The predicted molar refractivity (Wildman–Crippen MR) is 220 cm³/mol. The van der Waals surface area contributed by atoms with Gasteiger partial charge in [-0.05, 0) is 90.4 Å². The minimum absolute atomic E-state index is 0.0370. The first-order valence-electron chi connectivity index (χ1n) is 21.5. The number of hydrogen-bond acceptors (Lipinski definition) is 12. The van der Waals surface area contributed by atoms with Crippen LogP contribution in [0.25, 0.3) is 10.8 Å². The third-order valence-electron chi connectivity index (χ3n) is 13.8. The van der Waals surface area contributed by atoms with Crippen molar-refractivity contribution in [3.63, 3.8) is 0 Å². The fraction of sp³-hybridized carbons (Fsp3) is 0.717. The maximum atomic E-state index is 14.6. The van der Waals surface area contributed by atoms with Gasteiger partial charge in [0.25, 0.3) is 0 Å². The summed E-state index contributed by atoms with van der Waals surface area (Å²) in [6.07, 6.45) is -2.40. The van der Waals surface area contributed by atoms with Crippen LogP contribution in [0.15, 0.2) is 42.5 Å². The van der Waals surface area contributed by atoms with E-state index in [1.165, 1.54) is 16.3 Å². The van der Waals surface area contributed by atoms with Crippen LogP contribution in [0.5, 0.6) is 0 Å². The van der Waals surface area contributed by atoms with Crippen molar-refractivity contribution in [3.8, 4) is 0 Å². The summed E-state index contributed by atoms with van der Waals surface area (Å²) < 4.78 is 39.5. The lowest BCUT2D eigenvalue weighted by molar-refractivity contribution is -0.302. The van der Waals surface area contributed by atoms with E-state index in [1.54, 1.807) is 6.92 Å². The van der Waals surface area contributed by atoms with Crippen LogP contribution < -0.4 is 5.32 Å². The molecule has 322 valence electrons. The highest BCUT2D eigenvalue weighted by Gasteiger charge is 2.57. The molecule has 6 rings (SSSR count). The molecule has 2 aromatic rings. The molecule has 4 aliphatic rings. The number of ether oxygens (including phenoxy) is 6. The highest BCUT2D eigenvalue weighted by Crippen LogP contribution is 2.46. The summed E-state index contributed by atoms with van der Waals surface area (Å²) in [7, 11) is 3.86. The first kappa shape index (κ1) is 44.6. The van der Waals surface area contributed by atoms with E-state index < -0.39 is 83.4 Å². The maximum Gasteiger partial charge on any atom is 0.311 e. The van der Waals surface area contributed by atoms with Gasteiger partial charge in [0.05, 0.1) is 55.5 Å². The Hall–Kier alpha value is -2.97. The number of esters is 2. The summed E-state index contributed by atoms with van der Waals surface area (Å²) in [6.45, 7) is 16.3. The topological polar surface area (TPSA) is 142 Å². The Labute approximate surface area is 344 Å². The first-order chi connectivity index (χ1) is 27.5. The van der Waals surface area contributed by atoms with Crippen molar-refractivity contribution >= 4 is 28.5 Å². The molecule has 4 aliphatic heterocycles. The van der Waals surface area contributed by atoms with E-state index in [4.69, 9.17) is 28.4 Å². The smallest absolute Gasteiger partial charge is 0.311 e. The van der Waals surface area contributed by atoms with Gasteiger partial charge in [0.2, 0.25) is 0 Å². The molecule has 4 fully saturated rings. The highest BCUT2D eigenvalue weighted by molar-refractivity contribution is 5.86. The molecule has 0 aromatic heterocycles. The van der Waals surface area contributed by atoms with Crippen molar-refractivity contribution in [3.05, 3.63) is 48.0 Å². The van der Waals surface area contributed by atoms with Crippen molar-refractivity contribution < 1.29 is 47.9 Å². The number of Topliss-reactive ketones (excluding diaryl/α,β-unsaturated/α-hetero) is 1. The van der Waals surface area contributed by atoms with E-state index in [-0.39, 0.29) is 50.0 Å². The fourth-order valence-electron chi connectivity index (χ4n) is 10.5. The predicted octanol–water partition coefficient (Wildman–Crippen LogP) is 5.49. The molecule has 2 N–H and O–H groups in total. The number of aliphatic hydroxyl groups is 1. The number of benzene rings is 2. The van der Waals surface area contributed by atoms with Crippen LogP contribution in [0.1, 0.15) is 86.6 Å². The van der Waals surface area contributed by atoms with Crippen molar-refractivity contribution in [2.24, 2.45) is 29.6 Å². The van der Waals surface area contributed by atoms with Crippen LogP contribution >= 0.6 is 0 Å². The average molecular weight is 809 g/mol. The molecule has 0 spiro atoms. The normalized spacial score (nSPS) is 40.6. The van der Waals surface area contributed by atoms with Gasteiger partial charge in [0.1, 0.15) is 23.6 Å². The van der Waals surface area contributed by atoms with E-state index in [0.717, 1.165) is 6.42 Å². The summed E-state index contributed by atoms with van der Waals surface area (Å²) in [5.74, 6) is -3.84. The summed E-state index contributed by atoms with van der Waals surface area (Å²) in [5, 5.41) is 17.8. The van der Waals surface area contributed by atoms with Crippen molar-refractivity contribution in [1.29, 1.82) is 0 Å². The van der Waals surface area contributed by atoms with Gasteiger partial charge in [0, 0.05) is 29.7 Å². The zero-order chi connectivity index (χ0) is 42.1. The maximum absolute atomic E-state index is 14.6. The second-order valence-electron chi connectivity index (χ2n) is 18.3. The molecule has 0 radical (unpaired) electrons. The average Bonchev–Trinajstić information content (AvgIpc) is 3.52. The van der Waals surface area contributed by atoms with Gasteiger partial charge in [-0.3, -0.25) is 14.4 Å². The highest BCUT2D eigenvalue weighted by atomic mass is 16.7. The number of cyclic esters (lactones) is 1. The van der Waals surface area contributed by atoms with E-state index in [1.807, 2.05) is 73.5 Å². The lowest BCUT2D eigenvalue weighted by atomic mass is 9.70. The van der Waals surface area contributed by atoms with Crippen LogP contribution in [0.3, 0.4) is 0 Å². The van der Waals surface area contributed by atoms with Crippen LogP contribution in [-0.2, 0) is 49.2 Å². The first-order valence-corrected chi connectivity index (χ1v) is 21.5. The molecule has 4 heterocycles. The Balaban J connectivity index is 1.38. The number of hydrogen-bond donors (Lipinski definition) is 2. The molecule has 58 heavy (non-hydrogen) atoms. The third kappa shape index (κ3) is 9.18. The molecule has 2 aromatic carbocycles. The van der Waals surface area contributed by atoms with Gasteiger partial charge < -0.3 is 43.7 Å². The molecule has 4 saturated heterocycles. The Kier molecular flexibility index (Phi) is 14.1. The molecule has 12 nitrogen and oxygen atoms in total. The Morgan fingerprint density at radius 3 is 2.41 bits per heavy atom. The SMILES string of the molecule is CC[C@H]1OC(=O)[C@H](C)[C@H]2OCC(NCCc3cccc4ccccc34)CO[C@](C)(C[C@@H](C)C(=O)[C@H](C)[C@@H]3CC(=O)O[C@]13C)[C@H](O[C@@H]1O[C@H](C)C[C@H](N(C)C)[C@H]1O)[C@H]2C. The Morgan fingerprint density at radius 2 is 1.69 bits per heavy atom. The number of likely N-dealkylation sites (N-methyl/N-ethyl adjacent to an activating group) is 1. The number of aliphatic hydroxyl groups excluding tert-OH is 1. The van der Waals surface area contributed by atoms with Gasteiger partial charge in [-0.25, -0.2) is 0 Å². The van der Waals surface area contributed by atoms with E-state index in [9.17, 15) is 19.5 Å². The lowest BCUT2D eigenvalue weighted by Crippen LogP contribution is -2.60. The monoisotopic (exact) mass is 808 g/mol. The van der Waals surface area contributed by atoms with Crippen molar-refractivity contribution in [2.75, 3.05) is 33.9 Å². The van der Waals surface area contributed by atoms with E-state index in [2.05, 4.69) is 41.7 Å². The van der Waals surface area contributed by atoms with Crippen molar-refractivity contribution in [1.82, 2.24) is 10.2 Å². The number of ketones is 1. The molecular formula is C46H68N2O10.